The van der Waals surface area contributed by atoms with Gasteiger partial charge in [-0.2, -0.15) is 0 Å². The number of amides is 1. The summed E-state index contributed by atoms with van der Waals surface area (Å²) >= 11 is 3.49. The second kappa shape index (κ2) is 9.44. The Morgan fingerprint density at radius 3 is 2.68 bits per heavy atom. The molecule has 0 saturated carbocycles. The Balaban J connectivity index is 1.92. The second-order valence-corrected chi connectivity index (χ2v) is 6.45. The van der Waals surface area contributed by atoms with E-state index in [1.807, 2.05) is 54.7 Å². The van der Waals surface area contributed by atoms with Crippen LogP contribution < -0.4 is 20.1 Å². The van der Waals surface area contributed by atoms with Gasteiger partial charge in [-0.1, -0.05) is 12.1 Å². The molecule has 0 aliphatic rings. The molecule has 0 bridgehead atoms. The van der Waals surface area contributed by atoms with Crippen LogP contribution in [0.15, 0.2) is 46.9 Å². The van der Waals surface area contributed by atoms with Gasteiger partial charge in [0.1, 0.15) is 17.5 Å². The average molecular weight is 408 g/mol. The molecule has 0 aliphatic heterocycles. The molecule has 0 unspecified atom stereocenters. The number of ether oxygens (including phenoxy) is 2. The molecule has 0 aliphatic carbocycles. The lowest BCUT2D eigenvalue weighted by Crippen LogP contribution is -2.86. The largest absolute Gasteiger partial charge is 0.496 e. The number of quaternary nitrogens is 1. The molecule has 6 heteroatoms. The van der Waals surface area contributed by atoms with E-state index in [1.165, 1.54) is 0 Å². The fourth-order valence-corrected chi connectivity index (χ4v) is 3.00. The van der Waals surface area contributed by atoms with Gasteiger partial charge in [-0.3, -0.25) is 4.79 Å². The molecule has 0 radical (unpaired) electrons. The van der Waals surface area contributed by atoms with Crippen LogP contribution in [0.25, 0.3) is 0 Å². The summed E-state index contributed by atoms with van der Waals surface area (Å²) in [5, 5.41) is 4.90. The number of hydrogen-bond acceptors (Lipinski definition) is 3. The summed E-state index contributed by atoms with van der Waals surface area (Å²) in [5.74, 6) is 1.42. The van der Waals surface area contributed by atoms with Gasteiger partial charge in [-0.15, -0.1) is 0 Å². The number of halogens is 1. The molecular weight excluding hydrogens is 384 g/mol. The van der Waals surface area contributed by atoms with Crippen LogP contribution in [0.1, 0.15) is 25.5 Å². The number of nitrogens with two attached hydrogens (primary N) is 1. The third-order valence-corrected chi connectivity index (χ3v) is 4.44. The summed E-state index contributed by atoms with van der Waals surface area (Å²) in [4.78, 5) is 12.2. The van der Waals surface area contributed by atoms with E-state index in [-0.39, 0.29) is 11.9 Å². The lowest BCUT2D eigenvalue weighted by Gasteiger charge is -2.14. The zero-order chi connectivity index (χ0) is 18.2. The minimum absolute atomic E-state index is 0.0634. The molecule has 25 heavy (non-hydrogen) atoms. The standard InChI is InChI=1S/C19H23BrN2O3/c1-4-25-18-8-6-5-7-16(18)22-19(23)12-21-13(2)14-9-10-17(24-3)15(20)11-14/h5-11,13,21H,4,12H2,1-3H3,(H,22,23)/p+1/t13-/m1/s1. The van der Waals surface area contributed by atoms with Crippen LogP contribution in [0.4, 0.5) is 5.69 Å². The maximum Gasteiger partial charge on any atom is 0.279 e. The maximum absolute atomic E-state index is 12.2. The van der Waals surface area contributed by atoms with Crippen LogP contribution in [-0.2, 0) is 4.79 Å². The first-order chi connectivity index (χ1) is 12.0. The second-order valence-electron chi connectivity index (χ2n) is 5.60. The van der Waals surface area contributed by atoms with Gasteiger partial charge in [0.15, 0.2) is 6.54 Å². The van der Waals surface area contributed by atoms with Gasteiger partial charge in [0.05, 0.1) is 23.9 Å². The number of nitrogens with one attached hydrogen (secondary N) is 1. The van der Waals surface area contributed by atoms with Gasteiger partial charge in [0, 0.05) is 5.56 Å². The number of methoxy groups -OCH3 is 1. The number of carbonyl (C=O) groups excluding carboxylic acids is 1. The topological polar surface area (TPSA) is 64.2 Å². The maximum atomic E-state index is 12.2. The molecule has 0 saturated heterocycles. The first-order valence-corrected chi connectivity index (χ1v) is 9.02. The van der Waals surface area contributed by atoms with Crippen molar-refractivity contribution in [3.63, 3.8) is 0 Å². The normalized spacial score (nSPS) is 11.7. The molecule has 5 nitrogen and oxygen atoms in total. The van der Waals surface area contributed by atoms with Crippen molar-refractivity contribution in [2.24, 2.45) is 0 Å². The first-order valence-electron chi connectivity index (χ1n) is 8.23. The van der Waals surface area contributed by atoms with E-state index in [0.717, 1.165) is 15.8 Å². The van der Waals surface area contributed by atoms with E-state index in [0.29, 0.717) is 24.6 Å². The highest BCUT2D eigenvalue weighted by molar-refractivity contribution is 9.10. The summed E-state index contributed by atoms with van der Waals surface area (Å²) in [7, 11) is 1.64. The number of carbonyl (C=O) groups is 1. The van der Waals surface area contributed by atoms with Gasteiger partial charge < -0.3 is 20.1 Å². The molecule has 1 amide bonds. The van der Waals surface area contributed by atoms with Crippen molar-refractivity contribution < 1.29 is 19.6 Å². The predicted molar refractivity (Wildman–Crippen MR) is 102 cm³/mol. The third-order valence-electron chi connectivity index (χ3n) is 3.82. The molecule has 0 aromatic heterocycles. The number of hydrogen-bond donors (Lipinski definition) is 2. The highest BCUT2D eigenvalue weighted by atomic mass is 79.9. The molecule has 0 spiro atoms. The minimum atomic E-state index is -0.0634. The van der Waals surface area contributed by atoms with E-state index < -0.39 is 0 Å². The molecule has 134 valence electrons. The van der Waals surface area contributed by atoms with E-state index >= 15 is 0 Å². The zero-order valence-corrected chi connectivity index (χ0v) is 16.3. The lowest BCUT2D eigenvalue weighted by atomic mass is 10.1. The summed E-state index contributed by atoms with van der Waals surface area (Å²) in [6, 6.07) is 13.5. The average Bonchev–Trinajstić information content (AvgIpc) is 2.61. The van der Waals surface area contributed by atoms with Gasteiger partial charge in [-0.25, -0.2) is 0 Å². The van der Waals surface area contributed by atoms with Gasteiger partial charge in [0.2, 0.25) is 0 Å². The Hall–Kier alpha value is -2.05. The Morgan fingerprint density at radius 1 is 1.24 bits per heavy atom. The molecule has 0 fully saturated rings. The van der Waals surface area contributed by atoms with Crippen LogP contribution in [0, 0.1) is 0 Å². The Bertz CT molecular complexity index is 722. The fraction of sp³-hybridized carbons (Fsp3) is 0.316. The molecule has 2 aromatic rings. The van der Waals surface area contributed by atoms with Crippen LogP contribution in [0.3, 0.4) is 0 Å². The minimum Gasteiger partial charge on any atom is -0.496 e. The van der Waals surface area contributed by atoms with Crippen LogP contribution in [-0.4, -0.2) is 26.2 Å². The van der Waals surface area contributed by atoms with Gasteiger partial charge in [0.25, 0.3) is 5.91 Å². The van der Waals surface area contributed by atoms with Crippen molar-refractivity contribution in [2.75, 3.05) is 25.6 Å². The van der Waals surface area contributed by atoms with Crippen molar-refractivity contribution in [3.05, 3.63) is 52.5 Å². The van der Waals surface area contributed by atoms with Crippen molar-refractivity contribution >= 4 is 27.5 Å². The molecule has 2 aromatic carbocycles. The number of rotatable bonds is 8. The summed E-state index contributed by atoms with van der Waals surface area (Å²) in [5.41, 5.74) is 1.82. The van der Waals surface area contributed by atoms with E-state index in [9.17, 15) is 4.79 Å². The third kappa shape index (κ3) is 5.47. The molecular formula is C19H24BrN2O3+. The summed E-state index contributed by atoms with van der Waals surface area (Å²) in [6.07, 6.45) is 0. The lowest BCUT2D eigenvalue weighted by molar-refractivity contribution is -0.682. The van der Waals surface area contributed by atoms with Crippen LogP contribution >= 0.6 is 15.9 Å². The van der Waals surface area contributed by atoms with E-state index in [4.69, 9.17) is 9.47 Å². The van der Waals surface area contributed by atoms with Crippen molar-refractivity contribution in [3.8, 4) is 11.5 Å². The predicted octanol–water partition coefficient (Wildman–Crippen LogP) is 3.12. The van der Waals surface area contributed by atoms with Gasteiger partial charge >= 0.3 is 0 Å². The van der Waals surface area contributed by atoms with Crippen molar-refractivity contribution in [1.82, 2.24) is 0 Å². The monoisotopic (exact) mass is 407 g/mol. The summed E-state index contributed by atoms with van der Waals surface area (Å²) < 4.78 is 11.7. The quantitative estimate of drug-likeness (QED) is 0.706. The highest BCUT2D eigenvalue weighted by Gasteiger charge is 2.14. The summed E-state index contributed by atoms with van der Waals surface area (Å²) in [6.45, 7) is 4.87. The van der Waals surface area contributed by atoms with Crippen molar-refractivity contribution in [2.45, 2.75) is 19.9 Å². The molecule has 2 rings (SSSR count). The smallest absolute Gasteiger partial charge is 0.279 e. The fourth-order valence-electron chi connectivity index (χ4n) is 2.44. The van der Waals surface area contributed by atoms with Crippen LogP contribution in [0.5, 0.6) is 11.5 Å². The SMILES string of the molecule is CCOc1ccccc1NC(=O)C[NH2+][C@H](C)c1ccc(OC)c(Br)c1. The number of anilines is 1. The molecule has 1 atom stereocenters. The highest BCUT2D eigenvalue weighted by Crippen LogP contribution is 2.27. The van der Waals surface area contributed by atoms with Crippen LogP contribution in [0.2, 0.25) is 0 Å². The van der Waals surface area contributed by atoms with E-state index in [1.54, 1.807) is 7.11 Å². The van der Waals surface area contributed by atoms with Crippen molar-refractivity contribution in [1.29, 1.82) is 0 Å². The molecule has 3 N–H and O–H groups in total. The number of benzene rings is 2. The van der Waals surface area contributed by atoms with E-state index in [2.05, 4.69) is 28.2 Å². The number of para-hydroxylation sites is 2. The molecule has 0 heterocycles. The Kier molecular flexibility index (Phi) is 7.28. The Morgan fingerprint density at radius 2 is 2.00 bits per heavy atom. The first kappa shape index (κ1) is 19.3. The zero-order valence-electron chi connectivity index (χ0n) is 14.7. The van der Waals surface area contributed by atoms with Gasteiger partial charge in [-0.05, 0) is 60.1 Å². The Labute approximate surface area is 156 Å².